The summed E-state index contributed by atoms with van der Waals surface area (Å²) in [4.78, 5) is 19.7. The van der Waals surface area contributed by atoms with E-state index >= 15 is 0 Å². The molecule has 110 valence electrons. The number of nitrogen functional groups attached to an aromatic ring is 1. The summed E-state index contributed by atoms with van der Waals surface area (Å²) < 4.78 is 0. The molecule has 1 aliphatic carbocycles. The second-order valence-corrected chi connectivity index (χ2v) is 4.94. The van der Waals surface area contributed by atoms with Crippen LogP contribution < -0.4 is 21.7 Å². The van der Waals surface area contributed by atoms with Crippen LogP contribution in [0.25, 0.3) is 0 Å². The van der Waals surface area contributed by atoms with Gasteiger partial charge in [0.25, 0.3) is 0 Å². The van der Waals surface area contributed by atoms with E-state index in [0.717, 1.165) is 25.8 Å². The summed E-state index contributed by atoms with van der Waals surface area (Å²) in [5.41, 5.74) is 5.66. The average Bonchev–Trinajstić information content (AvgIpc) is 3.19. The predicted octanol–water partition coefficient (Wildman–Crippen LogP) is 0.961. The van der Waals surface area contributed by atoms with Gasteiger partial charge in [-0.15, -0.1) is 0 Å². The molecule has 1 heterocycles. The lowest BCUT2D eigenvalue weighted by Crippen LogP contribution is -2.27. The van der Waals surface area contributed by atoms with E-state index in [-0.39, 0.29) is 11.9 Å². The minimum absolute atomic E-state index is 0.0753. The maximum atomic E-state index is 11.5. The van der Waals surface area contributed by atoms with E-state index in [0.29, 0.717) is 30.6 Å². The van der Waals surface area contributed by atoms with Gasteiger partial charge in [-0.25, -0.2) is 0 Å². The number of anilines is 3. The average molecular weight is 278 g/mol. The van der Waals surface area contributed by atoms with Crippen LogP contribution in [0.5, 0.6) is 0 Å². The smallest absolute Gasteiger partial charge is 0.223 e. The van der Waals surface area contributed by atoms with Crippen molar-refractivity contribution in [1.29, 1.82) is 0 Å². The summed E-state index contributed by atoms with van der Waals surface area (Å²) in [5, 5.41) is 9.20. The number of carbonyl (C=O) groups is 1. The molecule has 2 rings (SSSR count). The molecule has 1 aliphatic rings. The van der Waals surface area contributed by atoms with Crippen molar-refractivity contribution in [3.05, 3.63) is 6.07 Å². The number of amides is 1. The van der Waals surface area contributed by atoms with Crippen molar-refractivity contribution in [3.8, 4) is 0 Å². The highest BCUT2D eigenvalue weighted by atomic mass is 16.1. The molecule has 1 aromatic heterocycles. The Bertz CT molecular complexity index is 460. The van der Waals surface area contributed by atoms with Gasteiger partial charge in [0.15, 0.2) is 0 Å². The number of hydrogen-bond donors (Lipinski definition) is 4. The highest BCUT2D eigenvalue weighted by Gasteiger charge is 2.22. The molecule has 0 aliphatic heterocycles. The second-order valence-electron chi connectivity index (χ2n) is 4.94. The highest BCUT2D eigenvalue weighted by molar-refractivity contribution is 5.77. The molecular weight excluding hydrogens is 256 g/mol. The fourth-order valence-electron chi connectivity index (χ4n) is 1.73. The van der Waals surface area contributed by atoms with E-state index in [2.05, 4.69) is 32.8 Å². The number of nitrogens with two attached hydrogens (primary N) is 1. The lowest BCUT2D eigenvalue weighted by atomic mass is 10.4. The minimum atomic E-state index is 0.0753. The zero-order valence-electron chi connectivity index (χ0n) is 11.8. The molecule has 7 heteroatoms. The third-order valence-electron chi connectivity index (χ3n) is 2.90. The van der Waals surface area contributed by atoms with Crippen molar-refractivity contribution in [2.24, 2.45) is 0 Å². The van der Waals surface area contributed by atoms with E-state index in [1.807, 2.05) is 0 Å². The van der Waals surface area contributed by atoms with Gasteiger partial charge < -0.3 is 21.7 Å². The van der Waals surface area contributed by atoms with Crippen molar-refractivity contribution in [2.75, 3.05) is 29.5 Å². The topological polar surface area (TPSA) is 105 Å². The monoisotopic (exact) mass is 278 g/mol. The maximum absolute atomic E-state index is 11.5. The Morgan fingerprint density at radius 3 is 2.55 bits per heavy atom. The molecule has 0 unspecified atom stereocenters. The molecule has 0 radical (unpaired) electrons. The summed E-state index contributed by atoms with van der Waals surface area (Å²) in [6.07, 6.45) is 3.65. The van der Waals surface area contributed by atoms with Crippen LogP contribution in [0.3, 0.4) is 0 Å². The fraction of sp³-hybridized carbons (Fsp3) is 0.615. The Morgan fingerprint density at radius 2 is 1.95 bits per heavy atom. The molecule has 0 atom stereocenters. The molecular formula is C13H22N6O. The SMILES string of the molecule is CCCNc1cc(NCCC(=O)NC2CC2)nc(N)n1. The van der Waals surface area contributed by atoms with Crippen LogP contribution in [0.1, 0.15) is 32.6 Å². The standard InChI is InChI=1S/C13H22N6O/c1-2-6-15-10-8-11(19-13(14)18-10)16-7-5-12(20)17-9-3-4-9/h8-9H,2-7H2,1H3,(H,17,20)(H4,14,15,16,18,19). The van der Waals surface area contributed by atoms with Gasteiger partial charge in [0.2, 0.25) is 11.9 Å². The van der Waals surface area contributed by atoms with E-state index in [4.69, 9.17) is 5.73 Å². The number of hydrogen-bond acceptors (Lipinski definition) is 6. The second kappa shape index (κ2) is 6.93. The van der Waals surface area contributed by atoms with Gasteiger partial charge in [0.1, 0.15) is 11.6 Å². The summed E-state index contributed by atoms with van der Waals surface area (Å²) in [7, 11) is 0. The van der Waals surface area contributed by atoms with Crippen molar-refractivity contribution < 1.29 is 4.79 Å². The Hall–Kier alpha value is -2.05. The third-order valence-corrected chi connectivity index (χ3v) is 2.90. The van der Waals surface area contributed by atoms with Crippen LogP contribution in [0.15, 0.2) is 6.07 Å². The molecule has 20 heavy (non-hydrogen) atoms. The van der Waals surface area contributed by atoms with Crippen molar-refractivity contribution >= 4 is 23.5 Å². The largest absolute Gasteiger partial charge is 0.370 e. The van der Waals surface area contributed by atoms with Crippen LogP contribution in [-0.2, 0) is 4.79 Å². The minimum Gasteiger partial charge on any atom is -0.370 e. The van der Waals surface area contributed by atoms with Crippen LogP contribution in [0.2, 0.25) is 0 Å². The first kappa shape index (κ1) is 14.4. The normalized spacial score (nSPS) is 13.8. The van der Waals surface area contributed by atoms with E-state index < -0.39 is 0 Å². The number of aromatic nitrogens is 2. The van der Waals surface area contributed by atoms with Crippen molar-refractivity contribution in [3.63, 3.8) is 0 Å². The zero-order valence-corrected chi connectivity index (χ0v) is 11.8. The van der Waals surface area contributed by atoms with Crippen molar-refractivity contribution in [2.45, 2.75) is 38.6 Å². The molecule has 1 fully saturated rings. The summed E-state index contributed by atoms with van der Waals surface area (Å²) in [5.74, 6) is 1.63. The molecule has 1 aromatic rings. The summed E-state index contributed by atoms with van der Waals surface area (Å²) in [6, 6.07) is 2.20. The number of carbonyl (C=O) groups excluding carboxylic acids is 1. The molecule has 1 amide bonds. The summed E-state index contributed by atoms with van der Waals surface area (Å²) >= 11 is 0. The first-order chi connectivity index (χ1) is 9.67. The Labute approximate surface area is 118 Å². The highest BCUT2D eigenvalue weighted by Crippen LogP contribution is 2.18. The predicted molar refractivity (Wildman–Crippen MR) is 79.5 cm³/mol. The number of nitrogens with one attached hydrogen (secondary N) is 3. The lowest BCUT2D eigenvalue weighted by molar-refractivity contribution is -0.120. The van der Waals surface area contributed by atoms with Gasteiger partial charge in [-0.1, -0.05) is 6.92 Å². The first-order valence-corrected chi connectivity index (χ1v) is 7.09. The van der Waals surface area contributed by atoms with Crippen LogP contribution >= 0.6 is 0 Å². The molecule has 1 saturated carbocycles. The van der Waals surface area contributed by atoms with Gasteiger partial charge in [0.05, 0.1) is 0 Å². The third kappa shape index (κ3) is 4.91. The fourth-order valence-corrected chi connectivity index (χ4v) is 1.73. The van der Waals surface area contributed by atoms with E-state index in [1.54, 1.807) is 6.07 Å². The van der Waals surface area contributed by atoms with E-state index in [9.17, 15) is 4.79 Å². The molecule has 7 nitrogen and oxygen atoms in total. The molecule has 0 spiro atoms. The van der Waals surface area contributed by atoms with Gasteiger partial charge in [0, 0.05) is 31.6 Å². The quantitative estimate of drug-likeness (QED) is 0.564. The van der Waals surface area contributed by atoms with Gasteiger partial charge in [-0.2, -0.15) is 9.97 Å². The van der Waals surface area contributed by atoms with E-state index in [1.165, 1.54) is 0 Å². The van der Waals surface area contributed by atoms with Crippen LogP contribution in [0.4, 0.5) is 17.6 Å². The molecule has 5 N–H and O–H groups in total. The Balaban J connectivity index is 1.78. The Morgan fingerprint density at radius 1 is 1.30 bits per heavy atom. The molecule has 0 aromatic carbocycles. The van der Waals surface area contributed by atoms with Crippen molar-refractivity contribution in [1.82, 2.24) is 15.3 Å². The maximum Gasteiger partial charge on any atom is 0.223 e. The van der Waals surface area contributed by atoms with Crippen LogP contribution in [-0.4, -0.2) is 35.0 Å². The van der Waals surface area contributed by atoms with Gasteiger partial charge >= 0.3 is 0 Å². The summed E-state index contributed by atoms with van der Waals surface area (Å²) in [6.45, 7) is 3.44. The first-order valence-electron chi connectivity index (χ1n) is 7.09. The Kier molecular flexibility index (Phi) is 4.97. The van der Waals surface area contributed by atoms with Gasteiger partial charge in [-0.05, 0) is 19.3 Å². The molecule has 0 bridgehead atoms. The number of nitrogens with zero attached hydrogens (tertiary/aromatic N) is 2. The molecule has 0 saturated heterocycles. The zero-order chi connectivity index (χ0) is 14.4. The van der Waals surface area contributed by atoms with Crippen LogP contribution in [0, 0.1) is 0 Å². The number of rotatable bonds is 8. The van der Waals surface area contributed by atoms with Gasteiger partial charge in [-0.3, -0.25) is 4.79 Å². The lowest BCUT2D eigenvalue weighted by Gasteiger charge is -2.09.